The van der Waals surface area contributed by atoms with Crippen LogP contribution in [-0.4, -0.2) is 104 Å². The van der Waals surface area contributed by atoms with Crippen molar-refractivity contribution in [1.82, 2.24) is 39.0 Å². The monoisotopic (exact) mass is 660 g/mol. The molecule has 7 N–H and O–H groups in total. The van der Waals surface area contributed by atoms with Crippen LogP contribution in [0.15, 0.2) is 25.3 Å². The number of aromatic nitrogens is 8. The number of hydrogen-bond acceptors (Lipinski definition) is 19. The number of ether oxygens (including phenoxy) is 2. The van der Waals surface area contributed by atoms with E-state index in [1.54, 1.807) is 0 Å². The summed E-state index contributed by atoms with van der Waals surface area (Å²) >= 11 is 4.24. The molecule has 43 heavy (non-hydrogen) atoms. The fraction of sp³-hybridized carbons (Fsp3) is 0.500. The van der Waals surface area contributed by atoms with E-state index < -0.39 is 77.7 Å². The molecule has 7 rings (SSSR count). The van der Waals surface area contributed by atoms with Gasteiger partial charge < -0.3 is 0 Å². The van der Waals surface area contributed by atoms with Crippen LogP contribution in [0.1, 0.15) is 12.5 Å². The summed E-state index contributed by atoms with van der Waals surface area (Å²) in [6.07, 6.45) is -4.67. The second kappa shape index (κ2) is 11.1. The zero-order chi connectivity index (χ0) is 30.0. The minimum absolute atomic E-state index is 0.118. The van der Waals surface area contributed by atoms with Gasteiger partial charge in [-0.1, -0.05) is 0 Å². The SMILES string of the molecule is Nc1ncnc2c1ncn2[C@@H]1O[C@@H]2CO[PH](O)(S)O[C@@H]3[C@H](O)[C@@H](CO[PH](=O)O[C@H]2[C@H]1O)O[C@H]3n1cnc2c(N)ncnc21. The van der Waals surface area contributed by atoms with Crippen LogP contribution < -0.4 is 11.5 Å². The molecule has 232 valence electrons. The van der Waals surface area contributed by atoms with Gasteiger partial charge in [-0.25, -0.2) is 0 Å². The molecule has 1 unspecified atom stereocenters. The molecule has 3 fully saturated rings. The van der Waals surface area contributed by atoms with Gasteiger partial charge in [-0.3, -0.25) is 0 Å². The molecular formula is C20H26N10O10P2S. The minimum atomic E-state index is -4.37. The van der Waals surface area contributed by atoms with E-state index >= 15 is 0 Å². The molecule has 23 heteroatoms. The van der Waals surface area contributed by atoms with Crippen LogP contribution >= 0.6 is 27.6 Å². The van der Waals surface area contributed by atoms with Gasteiger partial charge in [0.05, 0.1) is 0 Å². The number of nitrogens with two attached hydrogens (primary N) is 2. The zero-order valence-corrected chi connectivity index (χ0v) is 24.6. The number of fused-ring (bicyclic) bond motifs is 5. The predicted molar refractivity (Wildman–Crippen MR) is 149 cm³/mol. The van der Waals surface area contributed by atoms with Gasteiger partial charge in [-0.2, -0.15) is 0 Å². The van der Waals surface area contributed by atoms with Crippen molar-refractivity contribution < 1.29 is 47.2 Å². The third kappa shape index (κ3) is 5.14. The standard InChI is InChI=1S/C20H26N10O10P2S/c21-15-9-17(25-3-23-15)29(5-27-9)19-12(32)13-8(38-19)2-36-42(34,43)40-14-11(31)7(1-35-41(33)39-13)37-20(14)30-6-28-10-16(22)24-4-26-18(10)30/h3-8,11-14,19-20,31-32,34,41-43H,1-2H2,(H2,21,23,25)(H2,22,24,26)/t7-,8-,11-,12-,13-,14-,19-,20-/m1/s1. The molecule has 3 aliphatic heterocycles. The van der Waals surface area contributed by atoms with Gasteiger partial charge in [0.2, 0.25) is 0 Å². The first-order valence-electron chi connectivity index (χ1n) is 12.7. The first-order valence-corrected chi connectivity index (χ1v) is 17.0. The van der Waals surface area contributed by atoms with Crippen molar-refractivity contribution in [2.45, 2.75) is 49.1 Å². The molecule has 0 aromatic carbocycles. The molecule has 0 aliphatic carbocycles. The Balaban J connectivity index is 1.17. The molecule has 0 amide bonds. The van der Waals surface area contributed by atoms with Crippen molar-refractivity contribution in [3.8, 4) is 0 Å². The number of nitrogen functional groups attached to an aromatic ring is 2. The molecule has 7 heterocycles. The van der Waals surface area contributed by atoms with E-state index in [2.05, 4.69) is 42.2 Å². The Morgan fingerprint density at radius 3 is 2.12 bits per heavy atom. The predicted octanol–water partition coefficient (Wildman–Crippen LogP) is -1.11. The molecular weight excluding hydrogens is 634 g/mol. The van der Waals surface area contributed by atoms with Crippen molar-refractivity contribution >= 4 is 61.6 Å². The fourth-order valence-electron chi connectivity index (χ4n) is 5.25. The maximum atomic E-state index is 13.0. The summed E-state index contributed by atoms with van der Waals surface area (Å²) in [7, 11) is -7.69. The molecule has 0 radical (unpaired) electrons. The molecule has 4 aromatic heterocycles. The van der Waals surface area contributed by atoms with E-state index in [1.165, 1.54) is 34.4 Å². The van der Waals surface area contributed by atoms with Crippen LogP contribution in [0.2, 0.25) is 0 Å². The summed E-state index contributed by atoms with van der Waals surface area (Å²) < 4.78 is 50.4. The quantitative estimate of drug-likeness (QED) is 0.110. The van der Waals surface area contributed by atoms with Crippen LogP contribution in [-0.2, 0) is 32.1 Å². The van der Waals surface area contributed by atoms with E-state index in [-0.39, 0.29) is 34.0 Å². The summed E-state index contributed by atoms with van der Waals surface area (Å²) in [5.41, 5.74) is 12.9. The number of aliphatic hydroxyl groups is 2. The average molecular weight is 661 g/mol. The maximum absolute atomic E-state index is 13.0. The molecule has 3 saturated heterocycles. The van der Waals surface area contributed by atoms with E-state index in [9.17, 15) is 19.7 Å². The van der Waals surface area contributed by atoms with Gasteiger partial charge in [-0.15, -0.1) is 0 Å². The molecule has 20 nitrogen and oxygen atoms in total. The van der Waals surface area contributed by atoms with Crippen molar-refractivity contribution in [2.75, 3.05) is 24.7 Å². The van der Waals surface area contributed by atoms with Crippen molar-refractivity contribution in [3.63, 3.8) is 0 Å². The number of imidazole rings is 2. The van der Waals surface area contributed by atoms with E-state index in [1.807, 2.05) is 0 Å². The van der Waals surface area contributed by atoms with Gasteiger partial charge in [-0.05, 0) is 0 Å². The summed E-state index contributed by atoms with van der Waals surface area (Å²) in [6, 6.07) is 0. The summed E-state index contributed by atoms with van der Waals surface area (Å²) in [5.74, 6) is 0.240. The van der Waals surface area contributed by atoms with Crippen LogP contribution in [0.5, 0.6) is 0 Å². The average Bonchev–Trinajstić information content (AvgIpc) is 3.73. The summed E-state index contributed by atoms with van der Waals surface area (Å²) in [4.78, 5) is 35.7. The molecule has 9 atom stereocenters. The summed E-state index contributed by atoms with van der Waals surface area (Å²) in [6.45, 7) is -0.842. The van der Waals surface area contributed by atoms with E-state index in [0.717, 1.165) is 0 Å². The van der Waals surface area contributed by atoms with Crippen LogP contribution in [0.25, 0.3) is 22.3 Å². The van der Waals surface area contributed by atoms with Crippen LogP contribution in [0, 0.1) is 0 Å². The third-order valence-corrected chi connectivity index (χ3v) is 9.96. The van der Waals surface area contributed by atoms with Gasteiger partial charge in [0.25, 0.3) is 0 Å². The van der Waals surface area contributed by atoms with Gasteiger partial charge in [0.1, 0.15) is 0 Å². The van der Waals surface area contributed by atoms with Crippen molar-refractivity contribution in [3.05, 3.63) is 25.3 Å². The zero-order valence-electron chi connectivity index (χ0n) is 21.7. The molecule has 4 aromatic rings. The summed E-state index contributed by atoms with van der Waals surface area (Å²) in [5, 5.41) is 22.3. The number of thiol groups is 1. The van der Waals surface area contributed by atoms with Crippen LogP contribution in [0.4, 0.5) is 11.6 Å². The van der Waals surface area contributed by atoms with E-state index in [4.69, 9.17) is 39.0 Å². The van der Waals surface area contributed by atoms with Gasteiger partial charge in [0.15, 0.2) is 0 Å². The number of anilines is 2. The molecule has 0 spiro atoms. The number of hydrogen-bond donors (Lipinski definition) is 6. The number of rotatable bonds is 2. The molecule has 2 bridgehead atoms. The Morgan fingerprint density at radius 2 is 1.47 bits per heavy atom. The van der Waals surface area contributed by atoms with Crippen molar-refractivity contribution in [2.24, 2.45) is 0 Å². The first-order chi connectivity index (χ1) is 20.6. The normalized spacial score (nSPS) is 35.7. The van der Waals surface area contributed by atoms with Crippen molar-refractivity contribution in [1.29, 1.82) is 0 Å². The molecule has 3 aliphatic rings. The van der Waals surface area contributed by atoms with Gasteiger partial charge in [0, 0.05) is 0 Å². The van der Waals surface area contributed by atoms with Gasteiger partial charge >= 0.3 is 247 Å². The Bertz CT molecular complexity index is 1700. The Kier molecular flexibility index (Phi) is 7.48. The first kappa shape index (κ1) is 29.1. The molecule has 0 saturated carbocycles. The Morgan fingerprint density at radius 1 is 0.860 bits per heavy atom. The third-order valence-electron chi connectivity index (χ3n) is 7.27. The Hall–Kier alpha value is -2.65. The second-order valence-electron chi connectivity index (χ2n) is 9.86. The van der Waals surface area contributed by atoms with E-state index in [0.29, 0.717) is 0 Å². The number of aliphatic hydroxyl groups excluding tert-OH is 2. The topological polar surface area (TPSA) is 272 Å². The van der Waals surface area contributed by atoms with Crippen LogP contribution in [0.3, 0.4) is 0 Å². The number of nitrogens with zero attached hydrogens (tertiary/aromatic N) is 8. The fourth-order valence-corrected chi connectivity index (χ4v) is 7.78. The Labute approximate surface area is 247 Å². The second-order valence-corrected chi connectivity index (χ2v) is 14.2.